The molecule has 0 fully saturated rings. The van der Waals surface area contributed by atoms with Gasteiger partial charge in [-0.2, -0.15) is 0 Å². The summed E-state index contributed by atoms with van der Waals surface area (Å²) < 4.78 is 2.16. The summed E-state index contributed by atoms with van der Waals surface area (Å²) in [4.78, 5) is 6.99. The molecular weight excluding hydrogens is 262 g/mol. The van der Waals surface area contributed by atoms with Crippen LogP contribution in [0.25, 0.3) is 0 Å². The van der Waals surface area contributed by atoms with Crippen molar-refractivity contribution in [2.24, 2.45) is 4.99 Å². The van der Waals surface area contributed by atoms with E-state index in [9.17, 15) is 0 Å². The molecule has 0 bridgehead atoms. The smallest absolute Gasteiger partial charge is 0.191 e. The maximum atomic E-state index is 4.63. The monoisotopic (exact) mass is 293 g/mol. The maximum absolute atomic E-state index is 4.63. The molecule has 1 aromatic heterocycles. The summed E-state index contributed by atoms with van der Waals surface area (Å²) in [6.07, 6.45) is 5.33. The standard InChI is InChI=1S/C16H31N5/c1-5-15(3)20(4)13-9-18-16(17-6-2)19-10-14-21-11-7-8-12-21/h7-8,11-12,15H,5-6,9-10,13-14H2,1-4H3,(H2,17,18,19). The van der Waals surface area contributed by atoms with Crippen LogP contribution in [0.3, 0.4) is 0 Å². The first-order valence-electron chi connectivity index (χ1n) is 8.00. The van der Waals surface area contributed by atoms with Crippen LogP contribution in [-0.2, 0) is 6.54 Å². The first kappa shape index (κ1) is 17.6. The fourth-order valence-corrected chi connectivity index (χ4v) is 2.02. The van der Waals surface area contributed by atoms with E-state index >= 15 is 0 Å². The van der Waals surface area contributed by atoms with Gasteiger partial charge < -0.3 is 20.1 Å². The Morgan fingerprint density at radius 3 is 2.57 bits per heavy atom. The van der Waals surface area contributed by atoms with Crippen molar-refractivity contribution in [2.75, 3.05) is 33.2 Å². The third-order valence-electron chi connectivity index (χ3n) is 3.74. The second-order valence-corrected chi connectivity index (χ2v) is 5.35. The summed E-state index contributed by atoms with van der Waals surface area (Å²) in [7, 11) is 2.16. The minimum absolute atomic E-state index is 0.615. The lowest BCUT2D eigenvalue weighted by atomic mass is 10.2. The Morgan fingerprint density at radius 2 is 1.95 bits per heavy atom. The molecule has 0 aromatic carbocycles. The van der Waals surface area contributed by atoms with Gasteiger partial charge in [-0.15, -0.1) is 0 Å². The second kappa shape index (κ2) is 10.3. The SMILES string of the molecule is CCNC(=NCCN(C)C(C)CC)NCCn1cccc1. The molecule has 21 heavy (non-hydrogen) atoms. The van der Waals surface area contributed by atoms with Gasteiger partial charge in [-0.3, -0.25) is 4.99 Å². The fourth-order valence-electron chi connectivity index (χ4n) is 2.02. The van der Waals surface area contributed by atoms with Crippen molar-refractivity contribution in [2.45, 2.75) is 39.8 Å². The van der Waals surface area contributed by atoms with Crippen LogP contribution in [0.2, 0.25) is 0 Å². The van der Waals surface area contributed by atoms with Crippen molar-refractivity contribution >= 4 is 5.96 Å². The largest absolute Gasteiger partial charge is 0.357 e. The van der Waals surface area contributed by atoms with Crippen molar-refractivity contribution < 1.29 is 0 Å². The number of rotatable bonds is 9. The average Bonchev–Trinajstić information content (AvgIpc) is 2.99. The quantitative estimate of drug-likeness (QED) is 0.539. The first-order valence-corrected chi connectivity index (χ1v) is 8.00. The molecule has 120 valence electrons. The number of guanidine groups is 1. The van der Waals surface area contributed by atoms with Gasteiger partial charge in [0.1, 0.15) is 0 Å². The Hall–Kier alpha value is -1.49. The predicted molar refractivity (Wildman–Crippen MR) is 90.8 cm³/mol. The lowest BCUT2D eigenvalue weighted by Gasteiger charge is -2.22. The van der Waals surface area contributed by atoms with Gasteiger partial charge in [0.2, 0.25) is 0 Å². The van der Waals surface area contributed by atoms with Crippen molar-refractivity contribution in [3.63, 3.8) is 0 Å². The van der Waals surface area contributed by atoms with E-state index in [2.05, 4.69) is 65.3 Å². The molecule has 0 amide bonds. The van der Waals surface area contributed by atoms with Gasteiger partial charge in [-0.25, -0.2) is 0 Å². The van der Waals surface area contributed by atoms with Gasteiger partial charge in [0, 0.05) is 44.6 Å². The summed E-state index contributed by atoms with van der Waals surface area (Å²) in [5.41, 5.74) is 0. The van der Waals surface area contributed by atoms with Crippen LogP contribution < -0.4 is 10.6 Å². The van der Waals surface area contributed by atoms with Crippen molar-refractivity contribution in [1.82, 2.24) is 20.1 Å². The van der Waals surface area contributed by atoms with E-state index in [1.807, 2.05) is 12.1 Å². The molecular formula is C16H31N5. The van der Waals surface area contributed by atoms with Gasteiger partial charge in [-0.05, 0) is 39.4 Å². The van der Waals surface area contributed by atoms with E-state index in [0.29, 0.717) is 6.04 Å². The minimum Gasteiger partial charge on any atom is -0.357 e. The summed E-state index contributed by atoms with van der Waals surface area (Å²) in [6.45, 7) is 11.1. The van der Waals surface area contributed by atoms with Crippen LogP contribution in [0, 0.1) is 0 Å². The van der Waals surface area contributed by atoms with E-state index in [4.69, 9.17) is 0 Å². The average molecular weight is 293 g/mol. The minimum atomic E-state index is 0.615. The highest BCUT2D eigenvalue weighted by Gasteiger charge is 2.05. The molecule has 0 radical (unpaired) electrons. The molecule has 1 atom stereocenters. The molecule has 0 aliphatic carbocycles. The van der Waals surface area contributed by atoms with E-state index in [0.717, 1.165) is 38.7 Å². The Bertz CT molecular complexity index is 385. The molecule has 1 heterocycles. The predicted octanol–water partition coefficient (Wildman–Crippen LogP) is 1.77. The maximum Gasteiger partial charge on any atom is 0.191 e. The molecule has 2 N–H and O–H groups in total. The third-order valence-corrected chi connectivity index (χ3v) is 3.74. The Morgan fingerprint density at radius 1 is 1.24 bits per heavy atom. The number of nitrogens with zero attached hydrogens (tertiary/aromatic N) is 3. The summed E-state index contributed by atoms with van der Waals surface area (Å²) >= 11 is 0. The number of nitrogens with one attached hydrogen (secondary N) is 2. The highest BCUT2D eigenvalue weighted by Crippen LogP contribution is 1.98. The van der Waals surface area contributed by atoms with Crippen LogP contribution in [0.4, 0.5) is 0 Å². The topological polar surface area (TPSA) is 44.6 Å². The van der Waals surface area contributed by atoms with Gasteiger partial charge in [0.05, 0.1) is 6.54 Å². The molecule has 1 rings (SSSR count). The molecule has 0 spiro atoms. The van der Waals surface area contributed by atoms with E-state index in [-0.39, 0.29) is 0 Å². The third kappa shape index (κ3) is 7.18. The van der Waals surface area contributed by atoms with Gasteiger partial charge >= 0.3 is 0 Å². The van der Waals surface area contributed by atoms with E-state index < -0.39 is 0 Å². The van der Waals surface area contributed by atoms with Crippen LogP contribution in [0.5, 0.6) is 0 Å². The molecule has 0 saturated heterocycles. The zero-order valence-electron chi connectivity index (χ0n) is 14.0. The lowest BCUT2D eigenvalue weighted by molar-refractivity contribution is 0.259. The number of hydrogen-bond acceptors (Lipinski definition) is 2. The first-order chi connectivity index (χ1) is 10.2. The van der Waals surface area contributed by atoms with E-state index in [1.165, 1.54) is 6.42 Å². The van der Waals surface area contributed by atoms with E-state index in [1.54, 1.807) is 0 Å². The Balaban J connectivity index is 2.31. The molecule has 0 aliphatic heterocycles. The van der Waals surface area contributed by atoms with Crippen molar-refractivity contribution in [1.29, 1.82) is 0 Å². The molecule has 1 unspecified atom stereocenters. The molecule has 5 heteroatoms. The zero-order valence-corrected chi connectivity index (χ0v) is 14.0. The van der Waals surface area contributed by atoms with Crippen molar-refractivity contribution in [3.05, 3.63) is 24.5 Å². The number of aromatic nitrogens is 1. The van der Waals surface area contributed by atoms with Crippen molar-refractivity contribution in [3.8, 4) is 0 Å². The normalized spacial score (nSPS) is 13.5. The Labute approximate surface area is 129 Å². The van der Waals surface area contributed by atoms with Gasteiger partial charge in [0.15, 0.2) is 5.96 Å². The lowest BCUT2D eigenvalue weighted by Crippen LogP contribution is -2.39. The summed E-state index contributed by atoms with van der Waals surface area (Å²) in [6, 6.07) is 4.71. The summed E-state index contributed by atoms with van der Waals surface area (Å²) in [5.74, 6) is 0.905. The number of likely N-dealkylation sites (N-methyl/N-ethyl adjacent to an activating group) is 1. The zero-order chi connectivity index (χ0) is 15.5. The second-order valence-electron chi connectivity index (χ2n) is 5.35. The fraction of sp³-hybridized carbons (Fsp3) is 0.688. The molecule has 0 aliphatic rings. The van der Waals surface area contributed by atoms with Gasteiger partial charge in [-0.1, -0.05) is 6.92 Å². The summed E-state index contributed by atoms with van der Waals surface area (Å²) in [5, 5.41) is 6.67. The Kier molecular flexibility index (Phi) is 8.59. The molecule has 0 saturated carbocycles. The number of hydrogen-bond donors (Lipinski definition) is 2. The molecule has 5 nitrogen and oxygen atoms in total. The van der Waals surface area contributed by atoms with Crippen LogP contribution >= 0.6 is 0 Å². The molecule has 1 aromatic rings. The number of aliphatic imine (C=N–C) groups is 1. The highest BCUT2D eigenvalue weighted by molar-refractivity contribution is 5.79. The van der Waals surface area contributed by atoms with Crippen LogP contribution in [0.15, 0.2) is 29.5 Å². The van der Waals surface area contributed by atoms with Crippen LogP contribution in [-0.4, -0.2) is 54.7 Å². The highest BCUT2D eigenvalue weighted by atomic mass is 15.2. The van der Waals surface area contributed by atoms with Crippen LogP contribution in [0.1, 0.15) is 27.2 Å². The van der Waals surface area contributed by atoms with Gasteiger partial charge in [0.25, 0.3) is 0 Å².